The summed E-state index contributed by atoms with van der Waals surface area (Å²) in [6, 6.07) is 7.70. The van der Waals surface area contributed by atoms with Gasteiger partial charge in [0.15, 0.2) is 0 Å². The molecule has 0 aliphatic heterocycles. The van der Waals surface area contributed by atoms with E-state index in [0.717, 1.165) is 16.0 Å². The summed E-state index contributed by atoms with van der Waals surface area (Å²) in [5.74, 6) is -1.35. The number of hydrogen-bond donors (Lipinski definition) is 1. The number of aryl methyl sites for hydroxylation is 1. The van der Waals surface area contributed by atoms with Gasteiger partial charge in [-0.05, 0) is 18.6 Å². The molecule has 0 radical (unpaired) electrons. The zero-order valence-electron chi connectivity index (χ0n) is 9.88. The lowest BCUT2D eigenvalue weighted by Gasteiger charge is -2.11. The number of carbonyl (C=O) groups excluding carboxylic acids is 1. The fourth-order valence-corrected chi connectivity index (χ4v) is 1.35. The van der Waals surface area contributed by atoms with Crippen molar-refractivity contribution in [2.75, 3.05) is 13.6 Å². The van der Waals surface area contributed by atoms with E-state index in [1.807, 2.05) is 31.2 Å². The molecule has 1 amide bonds. The molecule has 0 bridgehead atoms. The Kier molecular flexibility index (Phi) is 4.46. The molecule has 90 valence electrons. The van der Waals surface area contributed by atoms with Gasteiger partial charge in [-0.25, -0.2) is 0 Å². The van der Waals surface area contributed by atoms with E-state index in [1.165, 1.54) is 13.1 Å². The molecule has 4 nitrogen and oxygen atoms in total. The first kappa shape index (κ1) is 13.0. The fraction of sp³-hybridized carbons (Fsp3) is 0.231. The number of hydrogen-bond acceptors (Lipinski definition) is 2. The van der Waals surface area contributed by atoms with Crippen LogP contribution < -0.4 is 0 Å². The molecule has 1 rings (SSSR count). The number of amides is 1. The molecule has 1 N–H and O–H groups in total. The minimum absolute atomic E-state index is 0.295. The van der Waals surface area contributed by atoms with Crippen molar-refractivity contribution in [3.63, 3.8) is 0 Å². The van der Waals surface area contributed by atoms with Gasteiger partial charge in [-0.3, -0.25) is 9.59 Å². The molecule has 0 saturated heterocycles. The Hall–Kier alpha value is -2.10. The van der Waals surface area contributed by atoms with Crippen LogP contribution in [-0.4, -0.2) is 35.5 Å². The number of rotatable bonds is 4. The Morgan fingerprint density at radius 2 is 2.12 bits per heavy atom. The van der Waals surface area contributed by atoms with E-state index in [0.29, 0.717) is 0 Å². The zero-order valence-corrected chi connectivity index (χ0v) is 9.88. The van der Waals surface area contributed by atoms with Gasteiger partial charge in [0, 0.05) is 13.1 Å². The average molecular weight is 233 g/mol. The monoisotopic (exact) mass is 233 g/mol. The summed E-state index contributed by atoms with van der Waals surface area (Å²) in [7, 11) is 1.46. The Morgan fingerprint density at radius 1 is 1.41 bits per heavy atom. The predicted octanol–water partition coefficient (Wildman–Crippen LogP) is 1.55. The van der Waals surface area contributed by atoms with Crippen LogP contribution in [-0.2, 0) is 9.59 Å². The second kappa shape index (κ2) is 5.84. The SMILES string of the molecule is Cc1cccc(/C=C/C(=O)N(C)CC(=O)O)c1. The summed E-state index contributed by atoms with van der Waals surface area (Å²) in [5.41, 5.74) is 2.03. The number of carboxylic acid groups (broad SMARTS) is 1. The van der Waals surface area contributed by atoms with Gasteiger partial charge in [-0.15, -0.1) is 0 Å². The summed E-state index contributed by atoms with van der Waals surface area (Å²) in [4.78, 5) is 23.1. The highest BCUT2D eigenvalue weighted by Gasteiger charge is 2.08. The molecule has 0 aliphatic rings. The van der Waals surface area contributed by atoms with Crippen LogP contribution in [0.1, 0.15) is 11.1 Å². The number of likely N-dealkylation sites (N-methyl/N-ethyl adjacent to an activating group) is 1. The Labute approximate surface area is 100 Å². The summed E-state index contributed by atoms with van der Waals surface area (Å²) in [5, 5.41) is 8.54. The third-order valence-electron chi connectivity index (χ3n) is 2.21. The van der Waals surface area contributed by atoms with E-state index in [9.17, 15) is 9.59 Å². The second-order valence-corrected chi connectivity index (χ2v) is 3.84. The highest BCUT2D eigenvalue weighted by atomic mass is 16.4. The molecule has 0 heterocycles. The van der Waals surface area contributed by atoms with Crippen molar-refractivity contribution in [3.05, 3.63) is 41.5 Å². The molecule has 0 aromatic heterocycles. The molecule has 1 aromatic carbocycles. The molecule has 0 saturated carbocycles. The minimum Gasteiger partial charge on any atom is -0.480 e. The summed E-state index contributed by atoms with van der Waals surface area (Å²) < 4.78 is 0. The molecule has 0 fully saturated rings. The van der Waals surface area contributed by atoms with Crippen LogP contribution in [0.25, 0.3) is 6.08 Å². The maximum atomic E-state index is 11.5. The van der Waals surface area contributed by atoms with Crippen molar-refractivity contribution in [2.24, 2.45) is 0 Å². The summed E-state index contributed by atoms with van der Waals surface area (Å²) in [6.07, 6.45) is 3.05. The van der Waals surface area contributed by atoms with E-state index in [4.69, 9.17) is 5.11 Å². The Morgan fingerprint density at radius 3 is 2.71 bits per heavy atom. The largest absolute Gasteiger partial charge is 0.480 e. The van der Waals surface area contributed by atoms with E-state index >= 15 is 0 Å². The van der Waals surface area contributed by atoms with Gasteiger partial charge in [0.05, 0.1) is 0 Å². The molecular weight excluding hydrogens is 218 g/mol. The molecule has 0 atom stereocenters. The Bertz CT molecular complexity index is 452. The topological polar surface area (TPSA) is 57.6 Å². The van der Waals surface area contributed by atoms with Crippen molar-refractivity contribution in [1.82, 2.24) is 4.90 Å². The van der Waals surface area contributed by atoms with E-state index < -0.39 is 5.97 Å². The van der Waals surface area contributed by atoms with Gasteiger partial charge in [0.1, 0.15) is 6.54 Å². The molecule has 0 unspecified atom stereocenters. The zero-order chi connectivity index (χ0) is 12.8. The predicted molar refractivity (Wildman–Crippen MR) is 65.5 cm³/mol. The maximum Gasteiger partial charge on any atom is 0.323 e. The van der Waals surface area contributed by atoms with Crippen molar-refractivity contribution < 1.29 is 14.7 Å². The van der Waals surface area contributed by atoms with E-state index in [2.05, 4.69) is 0 Å². The summed E-state index contributed by atoms with van der Waals surface area (Å²) in [6.45, 7) is 1.67. The highest BCUT2D eigenvalue weighted by molar-refractivity contribution is 5.93. The number of aliphatic carboxylic acids is 1. The van der Waals surface area contributed by atoms with Gasteiger partial charge in [0.2, 0.25) is 5.91 Å². The number of nitrogens with zero attached hydrogens (tertiary/aromatic N) is 1. The Balaban J connectivity index is 2.65. The van der Waals surface area contributed by atoms with Crippen molar-refractivity contribution >= 4 is 18.0 Å². The summed E-state index contributed by atoms with van der Waals surface area (Å²) >= 11 is 0. The van der Waals surface area contributed by atoms with Crippen LogP contribution in [0.4, 0.5) is 0 Å². The molecular formula is C13H15NO3. The smallest absolute Gasteiger partial charge is 0.323 e. The van der Waals surface area contributed by atoms with Crippen LogP contribution in [0, 0.1) is 6.92 Å². The van der Waals surface area contributed by atoms with Gasteiger partial charge < -0.3 is 10.0 Å². The van der Waals surface area contributed by atoms with Gasteiger partial charge in [-0.1, -0.05) is 29.8 Å². The average Bonchev–Trinajstić information content (AvgIpc) is 2.25. The fourth-order valence-electron chi connectivity index (χ4n) is 1.35. The number of benzene rings is 1. The van der Waals surface area contributed by atoms with E-state index in [1.54, 1.807) is 6.08 Å². The van der Waals surface area contributed by atoms with Gasteiger partial charge in [-0.2, -0.15) is 0 Å². The minimum atomic E-state index is -1.02. The normalized spacial score (nSPS) is 10.5. The third-order valence-corrected chi connectivity index (χ3v) is 2.21. The van der Waals surface area contributed by atoms with Crippen LogP contribution in [0.15, 0.2) is 30.3 Å². The van der Waals surface area contributed by atoms with Gasteiger partial charge >= 0.3 is 5.97 Å². The van der Waals surface area contributed by atoms with Crippen LogP contribution >= 0.6 is 0 Å². The van der Waals surface area contributed by atoms with Crippen molar-refractivity contribution in [2.45, 2.75) is 6.92 Å². The van der Waals surface area contributed by atoms with Crippen molar-refractivity contribution in [3.8, 4) is 0 Å². The molecule has 17 heavy (non-hydrogen) atoms. The quantitative estimate of drug-likeness (QED) is 0.803. The lowest BCUT2D eigenvalue weighted by Crippen LogP contribution is -2.30. The second-order valence-electron chi connectivity index (χ2n) is 3.84. The maximum absolute atomic E-state index is 11.5. The highest BCUT2D eigenvalue weighted by Crippen LogP contribution is 2.05. The lowest BCUT2D eigenvalue weighted by atomic mass is 10.1. The lowest BCUT2D eigenvalue weighted by molar-refractivity contribution is -0.141. The third kappa shape index (κ3) is 4.51. The van der Waals surface area contributed by atoms with Crippen LogP contribution in [0.3, 0.4) is 0 Å². The van der Waals surface area contributed by atoms with Gasteiger partial charge in [0.25, 0.3) is 0 Å². The first-order valence-corrected chi connectivity index (χ1v) is 5.20. The molecule has 0 aliphatic carbocycles. The van der Waals surface area contributed by atoms with Crippen LogP contribution in [0.2, 0.25) is 0 Å². The van der Waals surface area contributed by atoms with Crippen molar-refractivity contribution in [1.29, 1.82) is 0 Å². The number of carboxylic acids is 1. The number of carbonyl (C=O) groups is 2. The molecule has 0 spiro atoms. The van der Waals surface area contributed by atoms with Crippen LogP contribution in [0.5, 0.6) is 0 Å². The van der Waals surface area contributed by atoms with E-state index in [-0.39, 0.29) is 12.5 Å². The molecule has 1 aromatic rings. The molecule has 4 heteroatoms. The first-order chi connectivity index (χ1) is 7.99. The first-order valence-electron chi connectivity index (χ1n) is 5.20. The standard InChI is InChI=1S/C13H15NO3/c1-10-4-3-5-11(8-10)6-7-12(15)14(2)9-13(16)17/h3-8H,9H2,1-2H3,(H,16,17)/b7-6+.